The second-order valence-electron chi connectivity index (χ2n) is 5.25. The number of alkyl halides is 3. The number of rotatable bonds is 1. The molecule has 4 aromatic rings. The molecular weight excluding hydrogens is 337 g/mol. The molecule has 0 amide bonds. The number of hydrogen-bond acceptors (Lipinski definition) is 3. The van der Waals surface area contributed by atoms with E-state index < -0.39 is 11.7 Å². The van der Waals surface area contributed by atoms with Crippen LogP contribution in [0.4, 0.5) is 13.2 Å². The number of fused-ring (bicyclic) bond motifs is 3. The first-order valence-electron chi connectivity index (χ1n) is 7.02. The molecule has 0 saturated carbocycles. The van der Waals surface area contributed by atoms with Crippen molar-refractivity contribution < 1.29 is 13.2 Å². The number of nitrogens with zero attached hydrogens (tertiary/aromatic N) is 2. The summed E-state index contributed by atoms with van der Waals surface area (Å²) in [6, 6.07) is 12.0. The van der Waals surface area contributed by atoms with Crippen LogP contribution in [0, 0.1) is 0 Å². The van der Waals surface area contributed by atoms with E-state index in [1.165, 1.54) is 27.9 Å². The second kappa shape index (κ2) is 5.17. The van der Waals surface area contributed by atoms with Crippen LogP contribution in [0.5, 0.6) is 0 Å². The maximum absolute atomic E-state index is 12.6. The number of aromatic nitrogens is 2. The Kier molecular flexibility index (Phi) is 3.21. The van der Waals surface area contributed by atoms with Gasteiger partial charge in [-0.2, -0.15) is 13.2 Å². The molecule has 0 aliphatic heterocycles. The van der Waals surface area contributed by atoms with E-state index in [4.69, 9.17) is 0 Å². The fourth-order valence-electron chi connectivity index (χ4n) is 2.53. The molecule has 2 aromatic heterocycles. The van der Waals surface area contributed by atoms with Crippen molar-refractivity contribution in [3.05, 3.63) is 74.5 Å². The number of benzene rings is 2. The van der Waals surface area contributed by atoms with Crippen molar-refractivity contribution in [3.8, 4) is 0 Å². The van der Waals surface area contributed by atoms with Gasteiger partial charge in [-0.1, -0.05) is 35.6 Å². The van der Waals surface area contributed by atoms with Gasteiger partial charge in [-0.25, -0.2) is 9.38 Å². The summed E-state index contributed by atoms with van der Waals surface area (Å²) in [5.41, 5.74) is 1.06. The fourth-order valence-corrected chi connectivity index (χ4v) is 3.52. The Morgan fingerprint density at radius 1 is 1.04 bits per heavy atom. The standard InChI is InChI=1S/C17H9F3N2OS/c18-17(19,20)11-7-5-10(6-8-11)9-14-15(23)22-13-4-2-1-3-12(13)21-16(22)24-14/h1-9H/b14-9+. The van der Waals surface area contributed by atoms with Crippen molar-refractivity contribution in [2.45, 2.75) is 6.18 Å². The van der Waals surface area contributed by atoms with E-state index in [1.54, 1.807) is 6.08 Å². The Labute approximate surface area is 137 Å². The lowest BCUT2D eigenvalue weighted by molar-refractivity contribution is -0.137. The highest BCUT2D eigenvalue weighted by Gasteiger charge is 2.29. The summed E-state index contributed by atoms with van der Waals surface area (Å²) in [6.45, 7) is 0. The van der Waals surface area contributed by atoms with Crippen molar-refractivity contribution in [2.75, 3.05) is 0 Å². The number of para-hydroxylation sites is 2. The van der Waals surface area contributed by atoms with Gasteiger partial charge in [-0.3, -0.25) is 4.79 Å². The normalized spacial score (nSPS) is 13.2. The zero-order chi connectivity index (χ0) is 16.9. The minimum atomic E-state index is -4.37. The molecule has 7 heteroatoms. The van der Waals surface area contributed by atoms with Crippen molar-refractivity contribution in [2.24, 2.45) is 0 Å². The quantitative estimate of drug-likeness (QED) is 0.529. The van der Waals surface area contributed by atoms with Crippen LogP contribution in [0.1, 0.15) is 11.1 Å². The molecule has 0 bridgehead atoms. The van der Waals surface area contributed by atoms with E-state index in [1.807, 2.05) is 24.3 Å². The van der Waals surface area contributed by atoms with E-state index in [9.17, 15) is 18.0 Å². The highest BCUT2D eigenvalue weighted by molar-refractivity contribution is 7.15. The van der Waals surface area contributed by atoms with Gasteiger partial charge in [0.15, 0.2) is 4.96 Å². The van der Waals surface area contributed by atoms with Crippen molar-refractivity contribution >= 4 is 33.4 Å². The third-order valence-electron chi connectivity index (χ3n) is 3.68. The van der Waals surface area contributed by atoms with Gasteiger partial charge in [0.1, 0.15) is 0 Å². The van der Waals surface area contributed by atoms with Gasteiger partial charge >= 0.3 is 6.18 Å². The summed E-state index contributed by atoms with van der Waals surface area (Å²) in [5, 5.41) is 0. The van der Waals surface area contributed by atoms with E-state index in [2.05, 4.69) is 4.98 Å². The maximum Gasteiger partial charge on any atom is 0.416 e. The van der Waals surface area contributed by atoms with Crippen LogP contribution in [-0.4, -0.2) is 9.38 Å². The number of halogens is 3. The molecule has 24 heavy (non-hydrogen) atoms. The highest BCUT2D eigenvalue weighted by atomic mass is 32.1. The largest absolute Gasteiger partial charge is 0.416 e. The van der Waals surface area contributed by atoms with Crippen LogP contribution in [-0.2, 0) is 6.18 Å². The number of hydrogen-bond donors (Lipinski definition) is 0. The summed E-state index contributed by atoms with van der Waals surface area (Å²) in [5.74, 6) is 0. The Balaban J connectivity index is 1.86. The predicted molar refractivity (Wildman–Crippen MR) is 87.1 cm³/mol. The van der Waals surface area contributed by atoms with Gasteiger partial charge in [0, 0.05) is 0 Å². The lowest BCUT2D eigenvalue weighted by atomic mass is 10.1. The molecule has 4 rings (SSSR count). The van der Waals surface area contributed by atoms with Gasteiger partial charge < -0.3 is 0 Å². The van der Waals surface area contributed by atoms with Gasteiger partial charge in [0.2, 0.25) is 0 Å². The van der Waals surface area contributed by atoms with E-state index >= 15 is 0 Å². The van der Waals surface area contributed by atoms with Crippen molar-refractivity contribution in [3.63, 3.8) is 0 Å². The Bertz CT molecular complexity index is 1160. The monoisotopic (exact) mass is 346 g/mol. The van der Waals surface area contributed by atoms with Crippen LogP contribution in [0.3, 0.4) is 0 Å². The summed E-state index contributed by atoms with van der Waals surface area (Å²) in [7, 11) is 0. The zero-order valence-electron chi connectivity index (χ0n) is 12.0. The van der Waals surface area contributed by atoms with Crippen molar-refractivity contribution in [1.29, 1.82) is 0 Å². The fraction of sp³-hybridized carbons (Fsp3) is 0.0588. The lowest BCUT2D eigenvalue weighted by Crippen LogP contribution is -2.22. The first-order valence-corrected chi connectivity index (χ1v) is 7.84. The third kappa shape index (κ3) is 2.37. The Morgan fingerprint density at radius 3 is 2.46 bits per heavy atom. The molecule has 0 radical (unpaired) electrons. The molecule has 0 aliphatic carbocycles. The van der Waals surface area contributed by atoms with Crippen LogP contribution in [0.2, 0.25) is 0 Å². The smallest absolute Gasteiger partial charge is 0.267 e. The summed E-state index contributed by atoms with van der Waals surface area (Å²) in [4.78, 5) is 17.5. The van der Waals surface area contributed by atoms with E-state index in [0.29, 0.717) is 15.1 Å². The molecule has 2 aromatic carbocycles. The van der Waals surface area contributed by atoms with Gasteiger partial charge in [0.05, 0.1) is 21.1 Å². The van der Waals surface area contributed by atoms with Crippen LogP contribution < -0.4 is 10.1 Å². The average molecular weight is 346 g/mol. The zero-order valence-corrected chi connectivity index (χ0v) is 12.9. The number of imidazole rings is 1. The molecule has 0 atom stereocenters. The Hall–Kier alpha value is -2.67. The molecule has 0 saturated heterocycles. The molecule has 0 aliphatic rings. The third-order valence-corrected chi connectivity index (χ3v) is 4.65. The van der Waals surface area contributed by atoms with Gasteiger partial charge in [-0.15, -0.1) is 0 Å². The minimum absolute atomic E-state index is 0.219. The molecule has 0 fully saturated rings. The van der Waals surface area contributed by atoms with E-state index in [0.717, 1.165) is 23.2 Å². The number of thiazole rings is 1. The van der Waals surface area contributed by atoms with Gasteiger partial charge in [-0.05, 0) is 35.9 Å². The second-order valence-corrected chi connectivity index (χ2v) is 6.26. The predicted octanol–water partition coefficient (Wildman–Crippen LogP) is 3.48. The first kappa shape index (κ1) is 14.9. The van der Waals surface area contributed by atoms with Crippen LogP contribution in [0.25, 0.3) is 22.1 Å². The maximum atomic E-state index is 12.6. The van der Waals surface area contributed by atoms with Crippen molar-refractivity contribution in [1.82, 2.24) is 9.38 Å². The van der Waals surface area contributed by atoms with E-state index in [-0.39, 0.29) is 5.56 Å². The molecule has 2 heterocycles. The molecule has 0 unspecified atom stereocenters. The first-order chi connectivity index (χ1) is 11.4. The topological polar surface area (TPSA) is 34.4 Å². The average Bonchev–Trinajstić information content (AvgIpc) is 3.04. The molecule has 3 nitrogen and oxygen atoms in total. The summed E-state index contributed by atoms with van der Waals surface area (Å²) >= 11 is 1.22. The molecular formula is C17H9F3N2OS. The summed E-state index contributed by atoms with van der Waals surface area (Å²) in [6.07, 6.45) is -2.79. The SMILES string of the molecule is O=c1/c(=C\c2ccc(C(F)(F)F)cc2)sc2nc3ccccc3n12. The molecule has 120 valence electrons. The molecule has 0 N–H and O–H groups in total. The van der Waals surface area contributed by atoms with Crippen LogP contribution in [0.15, 0.2) is 53.3 Å². The van der Waals surface area contributed by atoms with Crippen LogP contribution >= 0.6 is 11.3 Å². The Morgan fingerprint density at radius 2 is 1.75 bits per heavy atom. The molecule has 0 spiro atoms. The summed E-state index contributed by atoms with van der Waals surface area (Å²) < 4.78 is 39.7. The minimum Gasteiger partial charge on any atom is -0.267 e. The van der Waals surface area contributed by atoms with Gasteiger partial charge in [0.25, 0.3) is 5.56 Å². The lowest BCUT2D eigenvalue weighted by Gasteiger charge is -2.05. The highest BCUT2D eigenvalue weighted by Crippen LogP contribution is 2.29.